The molecule has 16 heavy (non-hydrogen) atoms. The number of ether oxygens (including phenoxy) is 1. The number of amides is 2. The van der Waals surface area contributed by atoms with Gasteiger partial charge in [0.1, 0.15) is 0 Å². The lowest BCUT2D eigenvalue weighted by Gasteiger charge is -2.35. The van der Waals surface area contributed by atoms with E-state index in [0.29, 0.717) is 0 Å². The fourth-order valence-corrected chi connectivity index (χ4v) is 1.53. The lowest BCUT2D eigenvalue weighted by Crippen LogP contribution is -2.51. The van der Waals surface area contributed by atoms with Gasteiger partial charge in [-0.25, -0.2) is 4.79 Å². The molecular formula is C10H18N2O4. The summed E-state index contributed by atoms with van der Waals surface area (Å²) in [5.41, 5.74) is 0. The van der Waals surface area contributed by atoms with Gasteiger partial charge in [-0.15, -0.1) is 0 Å². The van der Waals surface area contributed by atoms with Crippen LogP contribution in [0.1, 0.15) is 19.3 Å². The van der Waals surface area contributed by atoms with E-state index >= 15 is 0 Å². The molecule has 0 saturated heterocycles. The first-order valence-corrected chi connectivity index (χ1v) is 5.29. The molecular weight excluding hydrogens is 212 g/mol. The van der Waals surface area contributed by atoms with Crippen LogP contribution in [0.15, 0.2) is 0 Å². The first-order chi connectivity index (χ1) is 7.52. The van der Waals surface area contributed by atoms with E-state index in [2.05, 4.69) is 5.32 Å². The van der Waals surface area contributed by atoms with E-state index in [-0.39, 0.29) is 31.1 Å². The number of urea groups is 1. The van der Waals surface area contributed by atoms with Crippen molar-refractivity contribution in [1.29, 1.82) is 0 Å². The number of carboxylic acids is 1. The summed E-state index contributed by atoms with van der Waals surface area (Å²) in [6.45, 7) is 0.224. The Morgan fingerprint density at radius 1 is 1.50 bits per heavy atom. The van der Waals surface area contributed by atoms with Gasteiger partial charge < -0.3 is 20.1 Å². The van der Waals surface area contributed by atoms with Crippen LogP contribution in [0.5, 0.6) is 0 Å². The van der Waals surface area contributed by atoms with Gasteiger partial charge in [0.2, 0.25) is 0 Å². The summed E-state index contributed by atoms with van der Waals surface area (Å²) in [6, 6.07) is -0.0643. The first-order valence-electron chi connectivity index (χ1n) is 5.29. The maximum absolute atomic E-state index is 11.5. The molecule has 0 unspecified atom stereocenters. The van der Waals surface area contributed by atoms with E-state index in [1.54, 1.807) is 14.2 Å². The summed E-state index contributed by atoms with van der Waals surface area (Å²) in [7, 11) is 3.24. The number of nitrogens with zero attached hydrogens (tertiary/aromatic N) is 1. The molecule has 1 aliphatic rings. The molecule has 0 aromatic heterocycles. The van der Waals surface area contributed by atoms with Gasteiger partial charge in [-0.1, -0.05) is 0 Å². The highest BCUT2D eigenvalue weighted by Crippen LogP contribution is 2.22. The predicted octanol–water partition coefficient (Wildman–Crippen LogP) is 0.280. The Kier molecular flexibility index (Phi) is 4.54. The lowest BCUT2D eigenvalue weighted by atomic mass is 9.89. The second-order valence-corrected chi connectivity index (χ2v) is 4.04. The van der Waals surface area contributed by atoms with Gasteiger partial charge >= 0.3 is 12.0 Å². The van der Waals surface area contributed by atoms with Crippen molar-refractivity contribution in [2.45, 2.75) is 31.4 Å². The highest BCUT2D eigenvalue weighted by Gasteiger charge is 2.30. The molecule has 0 aromatic rings. The second-order valence-electron chi connectivity index (χ2n) is 4.04. The monoisotopic (exact) mass is 230 g/mol. The molecule has 0 bridgehead atoms. The van der Waals surface area contributed by atoms with Crippen molar-refractivity contribution in [3.8, 4) is 0 Å². The first kappa shape index (κ1) is 12.8. The molecule has 2 amide bonds. The van der Waals surface area contributed by atoms with Crippen LogP contribution >= 0.6 is 0 Å². The largest absolute Gasteiger partial charge is 0.481 e. The maximum atomic E-state index is 11.5. The zero-order valence-electron chi connectivity index (χ0n) is 9.60. The molecule has 6 nitrogen and oxygen atoms in total. The number of aliphatic carboxylic acids is 1. The number of rotatable bonds is 5. The van der Waals surface area contributed by atoms with E-state index in [0.717, 1.165) is 12.8 Å². The van der Waals surface area contributed by atoms with Crippen LogP contribution in [-0.2, 0) is 9.53 Å². The molecule has 1 saturated carbocycles. The topological polar surface area (TPSA) is 78.9 Å². The minimum absolute atomic E-state index is 0.0325. The molecule has 0 spiro atoms. The van der Waals surface area contributed by atoms with Crippen LogP contribution < -0.4 is 5.32 Å². The minimum atomic E-state index is -0.900. The Morgan fingerprint density at radius 2 is 2.12 bits per heavy atom. The van der Waals surface area contributed by atoms with Crippen molar-refractivity contribution in [2.24, 2.45) is 0 Å². The third-order valence-corrected chi connectivity index (χ3v) is 2.76. The van der Waals surface area contributed by atoms with E-state index in [1.807, 2.05) is 0 Å². The van der Waals surface area contributed by atoms with Gasteiger partial charge in [-0.05, 0) is 12.8 Å². The Morgan fingerprint density at radius 3 is 2.62 bits per heavy atom. The smallest absolute Gasteiger partial charge is 0.317 e. The highest BCUT2D eigenvalue weighted by molar-refractivity contribution is 5.75. The van der Waals surface area contributed by atoms with Crippen molar-refractivity contribution < 1.29 is 19.4 Å². The van der Waals surface area contributed by atoms with Crippen LogP contribution in [0.4, 0.5) is 4.79 Å². The van der Waals surface area contributed by atoms with Crippen molar-refractivity contribution in [3.05, 3.63) is 0 Å². The average molecular weight is 230 g/mol. The van der Waals surface area contributed by atoms with E-state index < -0.39 is 5.97 Å². The number of hydrogen-bond acceptors (Lipinski definition) is 3. The quantitative estimate of drug-likeness (QED) is 0.711. The highest BCUT2D eigenvalue weighted by atomic mass is 16.5. The Hall–Kier alpha value is -1.30. The SMILES string of the molecule is COC1CC(NC(=O)N(C)CCC(=O)O)C1. The van der Waals surface area contributed by atoms with Gasteiger partial charge in [0.25, 0.3) is 0 Å². The molecule has 0 radical (unpaired) electrons. The lowest BCUT2D eigenvalue weighted by molar-refractivity contribution is -0.137. The van der Waals surface area contributed by atoms with Crippen molar-refractivity contribution in [2.75, 3.05) is 20.7 Å². The molecule has 0 aromatic carbocycles. The van der Waals surface area contributed by atoms with Gasteiger partial charge in [0.15, 0.2) is 0 Å². The molecule has 1 aliphatic carbocycles. The van der Waals surface area contributed by atoms with Gasteiger partial charge in [-0.3, -0.25) is 4.79 Å². The number of carbonyl (C=O) groups is 2. The van der Waals surface area contributed by atoms with Crippen LogP contribution in [0.3, 0.4) is 0 Å². The van der Waals surface area contributed by atoms with Crippen LogP contribution in [0.2, 0.25) is 0 Å². The molecule has 0 aliphatic heterocycles. The fourth-order valence-electron chi connectivity index (χ4n) is 1.53. The van der Waals surface area contributed by atoms with E-state index in [9.17, 15) is 9.59 Å². The summed E-state index contributed by atoms with van der Waals surface area (Å²) in [6.07, 6.45) is 1.87. The Balaban J connectivity index is 2.17. The van der Waals surface area contributed by atoms with E-state index in [1.165, 1.54) is 4.90 Å². The molecule has 0 heterocycles. The minimum Gasteiger partial charge on any atom is -0.481 e. The Bertz CT molecular complexity index is 264. The summed E-state index contributed by atoms with van der Waals surface area (Å²) < 4.78 is 5.09. The predicted molar refractivity (Wildman–Crippen MR) is 57.2 cm³/mol. The van der Waals surface area contributed by atoms with Crippen molar-refractivity contribution in [3.63, 3.8) is 0 Å². The zero-order valence-corrected chi connectivity index (χ0v) is 9.60. The molecule has 0 atom stereocenters. The number of carboxylic acid groups (broad SMARTS) is 1. The van der Waals surface area contributed by atoms with Gasteiger partial charge in [-0.2, -0.15) is 0 Å². The molecule has 1 rings (SSSR count). The summed E-state index contributed by atoms with van der Waals surface area (Å²) in [5.74, 6) is -0.900. The van der Waals surface area contributed by atoms with Crippen LogP contribution in [0, 0.1) is 0 Å². The van der Waals surface area contributed by atoms with Gasteiger partial charge in [0, 0.05) is 26.7 Å². The average Bonchev–Trinajstić information content (AvgIpc) is 2.18. The summed E-state index contributed by atoms with van der Waals surface area (Å²) in [5, 5.41) is 11.3. The van der Waals surface area contributed by atoms with Crippen molar-refractivity contribution >= 4 is 12.0 Å². The molecule has 6 heteroatoms. The molecule has 2 N–H and O–H groups in total. The third-order valence-electron chi connectivity index (χ3n) is 2.76. The number of nitrogens with one attached hydrogen (secondary N) is 1. The fraction of sp³-hybridized carbons (Fsp3) is 0.800. The Labute approximate surface area is 94.6 Å². The summed E-state index contributed by atoms with van der Waals surface area (Å²) >= 11 is 0. The third kappa shape index (κ3) is 3.69. The zero-order chi connectivity index (χ0) is 12.1. The van der Waals surface area contributed by atoms with Crippen LogP contribution in [-0.4, -0.2) is 54.9 Å². The second kappa shape index (κ2) is 5.69. The number of hydrogen-bond donors (Lipinski definition) is 2. The normalized spacial score (nSPS) is 23.4. The van der Waals surface area contributed by atoms with E-state index in [4.69, 9.17) is 9.84 Å². The van der Waals surface area contributed by atoms with Gasteiger partial charge in [0.05, 0.1) is 12.5 Å². The summed E-state index contributed by atoms with van der Waals surface area (Å²) in [4.78, 5) is 23.2. The molecule has 1 fully saturated rings. The standard InChI is InChI=1S/C10H18N2O4/c1-12(4-3-9(13)14)10(15)11-7-5-8(6-7)16-2/h7-8H,3-6H2,1-2H3,(H,11,15)(H,13,14). The van der Waals surface area contributed by atoms with Crippen LogP contribution in [0.25, 0.3) is 0 Å². The maximum Gasteiger partial charge on any atom is 0.317 e. The number of methoxy groups -OCH3 is 1. The molecule has 92 valence electrons. The van der Waals surface area contributed by atoms with Crippen molar-refractivity contribution in [1.82, 2.24) is 10.2 Å². The number of carbonyl (C=O) groups excluding carboxylic acids is 1.